The molecular formula is C14H28N2O. The van der Waals surface area contributed by atoms with Gasteiger partial charge in [0, 0.05) is 24.7 Å². The molecule has 0 aromatic carbocycles. The van der Waals surface area contributed by atoms with E-state index in [1.54, 1.807) is 0 Å². The molecular weight excluding hydrogens is 212 g/mol. The topological polar surface area (TPSA) is 38.5 Å². The van der Waals surface area contributed by atoms with Crippen LogP contribution in [0.3, 0.4) is 0 Å². The van der Waals surface area contributed by atoms with Crippen molar-refractivity contribution in [2.75, 3.05) is 20.2 Å². The van der Waals surface area contributed by atoms with E-state index in [4.69, 9.17) is 10.5 Å². The van der Waals surface area contributed by atoms with Gasteiger partial charge < -0.3 is 10.5 Å². The number of methoxy groups -OCH3 is 1. The Kier molecular flexibility index (Phi) is 3.81. The average Bonchev–Trinajstić information content (AvgIpc) is 2.69. The Hall–Kier alpha value is -0.120. The molecule has 2 aliphatic rings. The highest BCUT2D eigenvalue weighted by molar-refractivity contribution is 5.04. The average molecular weight is 240 g/mol. The van der Waals surface area contributed by atoms with Gasteiger partial charge in [-0.25, -0.2) is 0 Å². The molecule has 100 valence electrons. The molecule has 1 aliphatic carbocycles. The van der Waals surface area contributed by atoms with Crippen molar-refractivity contribution < 1.29 is 4.74 Å². The number of likely N-dealkylation sites (tertiary alicyclic amines) is 1. The van der Waals surface area contributed by atoms with Gasteiger partial charge in [0.25, 0.3) is 0 Å². The van der Waals surface area contributed by atoms with Crippen LogP contribution in [0.25, 0.3) is 0 Å². The van der Waals surface area contributed by atoms with Crippen LogP contribution in [0.15, 0.2) is 0 Å². The van der Waals surface area contributed by atoms with Gasteiger partial charge in [0.2, 0.25) is 0 Å². The molecule has 3 heteroatoms. The Bertz CT molecular complexity index is 267. The smallest absolute Gasteiger partial charge is 0.0589 e. The van der Waals surface area contributed by atoms with E-state index >= 15 is 0 Å². The van der Waals surface area contributed by atoms with Crippen LogP contribution in [0.5, 0.6) is 0 Å². The van der Waals surface area contributed by atoms with Crippen LogP contribution in [-0.4, -0.2) is 42.3 Å². The first-order valence-electron chi connectivity index (χ1n) is 7.05. The molecule has 0 radical (unpaired) electrons. The van der Waals surface area contributed by atoms with Crippen LogP contribution in [0.2, 0.25) is 0 Å². The molecule has 1 heterocycles. The zero-order valence-corrected chi connectivity index (χ0v) is 11.7. The summed E-state index contributed by atoms with van der Waals surface area (Å²) in [4.78, 5) is 2.69. The van der Waals surface area contributed by atoms with Crippen molar-refractivity contribution in [3.8, 4) is 0 Å². The Morgan fingerprint density at radius 2 is 2.06 bits per heavy atom. The third kappa shape index (κ3) is 2.38. The summed E-state index contributed by atoms with van der Waals surface area (Å²) < 4.78 is 5.59. The first kappa shape index (κ1) is 13.3. The maximum atomic E-state index is 6.16. The Labute approximate surface area is 106 Å². The number of ether oxygens (including phenoxy) is 1. The van der Waals surface area contributed by atoms with Crippen LogP contribution in [-0.2, 0) is 4.74 Å². The van der Waals surface area contributed by atoms with Gasteiger partial charge in [-0.2, -0.15) is 0 Å². The van der Waals surface area contributed by atoms with Gasteiger partial charge in [-0.15, -0.1) is 0 Å². The molecule has 0 aromatic rings. The molecule has 0 aromatic heterocycles. The quantitative estimate of drug-likeness (QED) is 0.821. The standard InChI is InChI=1S/C14H28N2O/c1-13(2)7-5-9-16(13)14(11-15)8-4-6-12(10-14)17-3/h12H,4-11,15H2,1-3H3. The predicted octanol–water partition coefficient (Wildman–Crippen LogP) is 2.15. The fourth-order valence-electron chi connectivity index (χ4n) is 4.02. The number of nitrogens with zero attached hydrogens (tertiary/aromatic N) is 1. The lowest BCUT2D eigenvalue weighted by Crippen LogP contribution is -2.61. The van der Waals surface area contributed by atoms with Gasteiger partial charge in [-0.1, -0.05) is 0 Å². The number of rotatable bonds is 3. The van der Waals surface area contributed by atoms with Gasteiger partial charge >= 0.3 is 0 Å². The summed E-state index contributed by atoms with van der Waals surface area (Å²) in [7, 11) is 1.84. The van der Waals surface area contributed by atoms with Crippen molar-refractivity contribution in [3.63, 3.8) is 0 Å². The van der Waals surface area contributed by atoms with Crippen molar-refractivity contribution in [3.05, 3.63) is 0 Å². The summed E-state index contributed by atoms with van der Waals surface area (Å²) in [5.74, 6) is 0. The predicted molar refractivity (Wildman–Crippen MR) is 71.1 cm³/mol. The van der Waals surface area contributed by atoms with Gasteiger partial charge in [-0.05, 0) is 58.9 Å². The number of hydrogen-bond acceptors (Lipinski definition) is 3. The molecule has 3 nitrogen and oxygen atoms in total. The van der Waals surface area contributed by atoms with Crippen molar-refractivity contribution in [1.29, 1.82) is 0 Å². The lowest BCUT2D eigenvalue weighted by Gasteiger charge is -2.51. The summed E-state index contributed by atoms with van der Waals surface area (Å²) in [6, 6.07) is 0. The highest BCUT2D eigenvalue weighted by atomic mass is 16.5. The van der Waals surface area contributed by atoms with Crippen LogP contribution in [0, 0.1) is 0 Å². The van der Waals surface area contributed by atoms with Crippen LogP contribution < -0.4 is 5.73 Å². The van der Waals surface area contributed by atoms with Crippen molar-refractivity contribution >= 4 is 0 Å². The van der Waals surface area contributed by atoms with E-state index in [0.29, 0.717) is 11.6 Å². The van der Waals surface area contributed by atoms with Gasteiger partial charge in [0.15, 0.2) is 0 Å². The molecule has 0 spiro atoms. The molecule has 17 heavy (non-hydrogen) atoms. The van der Waals surface area contributed by atoms with Crippen molar-refractivity contribution in [2.45, 2.75) is 69.6 Å². The Balaban J connectivity index is 2.18. The van der Waals surface area contributed by atoms with Crippen molar-refractivity contribution in [1.82, 2.24) is 4.90 Å². The van der Waals surface area contributed by atoms with E-state index < -0.39 is 0 Å². The van der Waals surface area contributed by atoms with Crippen LogP contribution >= 0.6 is 0 Å². The van der Waals surface area contributed by atoms with Gasteiger partial charge in [0.1, 0.15) is 0 Å². The molecule has 2 unspecified atom stereocenters. The third-order valence-corrected chi connectivity index (χ3v) is 4.96. The Morgan fingerprint density at radius 1 is 1.29 bits per heavy atom. The maximum Gasteiger partial charge on any atom is 0.0589 e. The fourth-order valence-corrected chi connectivity index (χ4v) is 4.02. The lowest BCUT2D eigenvalue weighted by molar-refractivity contribution is -0.0460. The van der Waals surface area contributed by atoms with E-state index in [9.17, 15) is 0 Å². The van der Waals surface area contributed by atoms with Gasteiger partial charge in [0.05, 0.1) is 6.10 Å². The summed E-state index contributed by atoms with van der Waals surface area (Å²) in [6.45, 7) is 6.72. The van der Waals surface area contributed by atoms with Crippen LogP contribution in [0.4, 0.5) is 0 Å². The molecule has 2 atom stereocenters. The fraction of sp³-hybridized carbons (Fsp3) is 1.00. The van der Waals surface area contributed by atoms with E-state index in [2.05, 4.69) is 18.7 Å². The summed E-state index contributed by atoms with van der Waals surface area (Å²) in [5, 5.41) is 0. The van der Waals surface area contributed by atoms with Crippen LogP contribution in [0.1, 0.15) is 52.4 Å². The second kappa shape index (κ2) is 4.87. The van der Waals surface area contributed by atoms with E-state index in [1.165, 1.54) is 38.6 Å². The zero-order valence-electron chi connectivity index (χ0n) is 11.7. The summed E-state index contributed by atoms with van der Waals surface area (Å²) >= 11 is 0. The first-order chi connectivity index (χ1) is 8.04. The molecule has 2 fully saturated rings. The zero-order chi connectivity index (χ0) is 12.5. The van der Waals surface area contributed by atoms with Crippen molar-refractivity contribution in [2.24, 2.45) is 5.73 Å². The molecule has 2 N–H and O–H groups in total. The molecule has 2 rings (SSSR count). The van der Waals surface area contributed by atoms with Gasteiger partial charge in [-0.3, -0.25) is 4.90 Å². The number of hydrogen-bond donors (Lipinski definition) is 1. The largest absolute Gasteiger partial charge is 0.381 e. The molecule has 1 saturated carbocycles. The van der Waals surface area contributed by atoms with E-state index in [-0.39, 0.29) is 5.54 Å². The second-order valence-corrected chi connectivity index (χ2v) is 6.45. The van der Waals surface area contributed by atoms with E-state index in [1.807, 2.05) is 7.11 Å². The molecule has 0 bridgehead atoms. The minimum Gasteiger partial charge on any atom is -0.381 e. The normalized spacial score (nSPS) is 38.5. The maximum absolute atomic E-state index is 6.16. The SMILES string of the molecule is COC1CCCC(CN)(N2CCCC2(C)C)C1. The monoisotopic (exact) mass is 240 g/mol. The minimum atomic E-state index is 0.193. The highest BCUT2D eigenvalue weighted by Crippen LogP contribution is 2.42. The van der Waals surface area contributed by atoms with E-state index in [0.717, 1.165) is 13.0 Å². The first-order valence-corrected chi connectivity index (χ1v) is 7.05. The molecule has 1 saturated heterocycles. The lowest BCUT2D eigenvalue weighted by atomic mass is 9.77. The molecule has 1 aliphatic heterocycles. The summed E-state index contributed by atoms with van der Waals surface area (Å²) in [6.07, 6.45) is 7.83. The minimum absolute atomic E-state index is 0.193. The Morgan fingerprint density at radius 3 is 2.59 bits per heavy atom. The molecule has 0 amide bonds. The number of nitrogens with two attached hydrogens (primary N) is 1. The highest BCUT2D eigenvalue weighted by Gasteiger charge is 2.47. The summed E-state index contributed by atoms with van der Waals surface area (Å²) in [5.41, 5.74) is 6.67. The third-order valence-electron chi connectivity index (χ3n) is 4.96. The second-order valence-electron chi connectivity index (χ2n) is 6.45.